The molecule has 1 atom stereocenters. The van der Waals surface area contributed by atoms with E-state index in [0.717, 1.165) is 6.42 Å². The number of carbonyl (C=O) groups is 3. The molecule has 8 heteroatoms. The first-order chi connectivity index (χ1) is 13.4. The van der Waals surface area contributed by atoms with E-state index in [1.807, 2.05) is 13.8 Å². The van der Waals surface area contributed by atoms with Crippen LogP contribution in [0.1, 0.15) is 26.7 Å². The van der Waals surface area contributed by atoms with Crippen LogP contribution >= 0.6 is 0 Å². The zero-order valence-electron chi connectivity index (χ0n) is 16.6. The van der Waals surface area contributed by atoms with Gasteiger partial charge in [0, 0.05) is 13.1 Å². The van der Waals surface area contributed by atoms with Gasteiger partial charge in [-0.2, -0.15) is 0 Å². The lowest BCUT2D eigenvalue weighted by Crippen LogP contribution is -2.58. The lowest BCUT2D eigenvalue weighted by Gasteiger charge is -2.34. The van der Waals surface area contributed by atoms with E-state index < -0.39 is 12.0 Å². The molecule has 2 rings (SSSR count). The summed E-state index contributed by atoms with van der Waals surface area (Å²) in [5.74, 6) is 0.127. The van der Waals surface area contributed by atoms with Gasteiger partial charge >= 0.3 is 5.97 Å². The third kappa shape index (κ3) is 6.14. The molecule has 8 nitrogen and oxygen atoms in total. The van der Waals surface area contributed by atoms with E-state index in [-0.39, 0.29) is 24.8 Å². The van der Waals surface area contributed by atoms with Gasteiger partial charge in [-0.05, 0) is 24.5 Å². The van der Waals surface area contributed by atoms with E-state index in [1.165, 1.54) is 12.0 Å². The Morgan fingerprint density at radius 1 is 1.25 bits per heavy atom. The van der Waals surface area contributed by atoms with Gasteiger partial charge in [0.25, 0.3) is 5.91 Å². The highest BCUT2D eigenvalue weighted by Crippen LogP contribution is 2.25. The van der Waals surface area contributed by atoms with Crippen LogP contribution in [0.4, 0.5) is 0 Å². The lowest BCUT2D eigenvalue weighted by atomic mass is 10.1. The van der Waals surface area contributed by atoms with E-state index in [0.29, 0.717) is 37.1 Å². The molecule has 2 amide bonds. The molecule has 1 aliphatic rings. The van der Waals surface area contributed by atoms with Gasteiger partial charge in [0.1, 0.15) is 6.04 Å². The first-order valence-corrected chi connectivity index (χ1v) is 9.41. The number of benzene rings is 1. The Balaban J connectivity index is 1.95. The fraction of sp³-hybridized carbons (Fsp3) is 0.550. The van der Waals surface area contributed by atoms with Crippen LogP contribution in [0.15, 0.2) is 24.3 Å². The van der Waals surface area contributed by atoms with Crippen LogP contribution in [-0.2, 0) is 19.1 Å². The monoisotopic (exact) mass is 392 g/mol. The van der Waals surface area contributed by atoms with Crippen molar-refractivity contribution in [2.45, 2.75) is 32.7 Å². The molecule has 1 aromatic rings. The Hall–Kier alpha value is -2.77. The second-order valence-corrected chi connectivity index (χ2v) is 6.94. The van der Waals surface area contributed by atoms with Crippen LogP contribution in [-0.4, -0.2) is 62.1 Å². The molecule has 1 aliphatic heterocycles. The normalized spacial score (nSPS) is 16.5. The molecule has 1 heterocycles. The standard InChI is InChI=1S/C20H28N2O6/c1-14(2)8-11-27-19(24)12-15-20(25)21-9-10-22(15)18(23)13-28-17-7-5-4-6-16(17)26-3/h4-7,14-15H,8-13H2,1-3H3,(H,21,25). The van der Waals surface area contributed by atoms with Crippen molar-refractivity contribution in [2.24, 2.45) is 5.92 Å². The molecule has 1 saturated heterocycles. The second-order valence-electron chi connectivity index (χ2n) is 6.94. The van der Waals surface area contributed by atoms with Crippen LogP contribution in [0.3, 0.4) is 0 Å². The quantitative estimate of drug-likeness (QED) is 0.638. The van der Waals surface area contributed by atoms with Crippen LogP contribution in [0.25, 0.3) is 0 Å². The molecule has 0 bridgehead atoms. The molecule has 1 unspecified atom stereocenters. The smallest absolute Gasteiger partial charge is 0.308 e. The number of esters is 1. The molecule has 1 aromatic carbocycles. The minimum Gasteiger partial charge on any atom is -0.493 e. The van der Waals surface area contributed by atoms with Gasteiger partial charge in [0.2, 0.25) is 5.91 Å². The van der Waals surface area contributed by atoms with Gasteiger partial charge in [-0.25, -0.2) is 0 Å². The van der Waals surface area contributed by atoms with Crippen molar-refractivity contribution < 1.29 is 28.6 Å². The highest BCUT2D eigenvalue weighted by atomic mass is 16.5. The van der Waals surface area contributed by atoms with Crippen molar-refractivity contribution >= 4 is 17.8 Å². The predicted octanol–water partition coefficient (Wildman–Crippen LogP) is 1.38. The SMILES string of the molecule is COc1ccccc1OCC(=O)N1CCNC(=O)C1CC(=O)OCCC(C)C. The van der Waals surface area contributed by atoms with Gasteiger partial charge in [-0.15, -0.1) is 0 Å². The fourth-order valence-corrected chi connectivity index (χ4v) is 2.80. The number of ether oxygens (including phenoxy) is 3. The van der Waals surface area contributed by atoms with E-state index in [9.17, 15) is 14.4 Å². The number of hydrogen-bond acceptors (Lipinski definition) is 6. The van der Waals surface area contributed by atoms with Crippen molar-refractivity contribution in [1.29, 1.82) is 0 Å². The Labute approximate surface area is 165 Å². The summed E-state index contributed by atoms with van der Waals surface area (Å²) >= 11 is 0. The Bertz CT molecular complexity index is 691. The average Bonchev–Trinajstić information content (AvgIpc) is 2.67. The number of piperazine rings is 1. The van der Waals surface area contributed by atoms with E-state index >= 15 is 0 Å². The molecule has 0 spiro atoms. The number of hydrogen-bond donors (Lipinski definition) is 1. The molecule has 1 N–H and O–H groups in total. The van der Waals surface area contributed by atoms with Gasteiger partial charge in [0.15, 0.2) is 18.1 Å². The molecule has 0 radical (unpaired) electrons. The molecule has 28 heavy (non-hydrogen) atoms. The van der Waals surface area contributed by atoms with Crippen molar-refractivity contribution in [3.8, 4) is 11.5 Å². The highest BCUT2D eigenvalue weighted by Gasteiger charge is 2.35. The number of nitrogens with one attached hydrogen (secondary N) is 1. The Morgan fingerprint density at radius 3 is 2.64 bits per heavy atom. The molecular weight excluding hydrogens is 364 g/mol. The van der Waals surface area contributed by atoms with Crippen molar-refractivity contribution in [2.75, 3.05) is 33.4 Å². The summed E-state index contributed by atoms with van der Waals surface area (Å²) in [6, 6.07) is 6.09. The summed E-state index contributed by atoms with van der Waals surface area (Å²) < 4.78 is 15.9. The predicted molar refractivity (Wildman–Crippen MR) is 102 cm³/mol. The lowest BCUT2D eigenvalue weighted by molar-refractivity contribution is -0.152. The molecule has 154 valence electrons. The first kappa shape index (κ1) is 21.5. The fourth-order valence-electron chi connectivity index (χ4n) is 2.80. The topological polar surface area (TPSA) is 94.2 Å². The maximum atomic E-state index is 12.6. The Morgan fingerprint density at radius 2 is 1.96 bits per heavy atom. The van der Waals surface area contributed by atoms with Crippen molar-refractivity contribution in [1.82, 2.24) is 10.2 Å². The maximum Gasteiger partial charge on any atom is 0.308 e. The van der Waals surface area contributed by atoms with Gasteiger partial charge < -0.3 is 24.4 Å². The minimum absolute atomic E-state index is 0.176. The largest absolute Gasteiger partial charge is 0.493 e. The molecular formula is C20H28N2O6. The summed E-state index contributed by atoms with van der Waals surface area (Å²) in [5.41, 5.74) is 0. The minimum atomic E-state index is -0.894. The number of carbonyl (C=O) groups excluding carboxylic acids is 3. The van der Waals surface area contributed by atoms with E-state index in [1.54, 1.807) is 24.3 Å². The maximum absolute atomic E-state index is 12.6. The summed E-state index contributed by atoms with van der Waals surface area (Å²) in [6.45, 7) is 4.75. The van der Waals surface area contributed by atoms with Gasteiger partial charge in [-0.3, -0.25) is 14.4 Å². The van der Waals surface area contributed by atoms with Crippen LogP contribution in [0.2, 0.25) is 0 Å². The van der Waals surface area contributed by atoms with Crippen molar-refractivity contribution in [3.63, 3.8) is 0 Å². The number of nitrogens with zero attached hydrogens (tertiary/aromatic N) is 1. The van der Waals surface area contributed by atoms with Gasteiger partial charge in [0.05, 0.1) is 20.1 Å². The molecule has 1 fully saturated rings. The number of rotatable bonds is 9. The number of amides is 2. The Kier molecular flexibility index (Phi) is 8.10. The van der Waals surface area contributed by atoms with Crippen LogP contribution in [0, 0.1) is 5.92 Å². The third-order valence-electron chi connectivity index (χ3n) is 4.39. The van der Waals surface area contributed by atoms with Gasteiger partial charge in [-0.1, -0.05) is 26.0 Å². The summed E-state index contributed by atoms with van der Waals surface area (Å²) in [6.07, 6.45) is 0.572. The molecule has 0 saturated carbocycles. The zero-order chi connectivity index (χ0) is 20.5. The molecule has 0 aromatic heterocycles. The average molecular weight is 392 g/mol. The summed E-state index contributed by atoms with van der Waals surface area (Å²) in [7, 11) is 1.51. The highest BCUT2D eigenvalue weighted by molar-refractivity contribution is 5.92. The summed E-state index contributed by atoms with van der Waals surface area (Å²) in [5, 5.41) is 2.69. The molecule has 0 aliphatic carbocycles. The first-order valence-electron chi connectivity index (χ1n) is 9.41. The summed E-state index contributed by atoms with van der Waals surface area (Å²) in [4.78, 5) is 38.3. The third-order valence-corrected chi connectivity index (χ3v) is 4.39. The second kappa shape index (κ2) is 10.5. The van der Waals surface area contributed by atoms with E-state index in [2.05, 4.69) is 5.32 Å². The number of para-hydroxylation sites is 2. The van der Waals surface area contributed by atoms with Crippen molar-refractivity contribution in [3.05, 3.63) is 24.3 Å². The number of methoxy groups -OCH3 is 1. The van der Waals surface area contributed by atoms with E-state index in [4.69, 9.17) is 14.2 Å². The van der Waals surface area contributed by atoms with Crippen LogP contribution < -0.4 is 14.8 Å². The zero-order valence-corrected chi connectivity index (χ0v) is 16.6. The van der Waals surface area contributed by atoms with Crippen LogP contribution in [0.5, 0.6) is 11.5 Å².